The van der Waals surface area contributed by atoms with Crippen LogP contribution in [0.5, 0.6) is 11.5 Å². The second kappa shape index (κ2) is 8.90. The number of methoxy groups -OCH3 is 2. The number of nitrogens with zero attached hydrogens (tertiary/aromatic N) is 1. The molecule has 0 saturated carbocycles. The highest BCUT2D eigenvalue weighted by molar-refractivity contribution is 7.12. The molecule has 1 unspecified atom stereocenters. The molecular weight excluding hydrogens is 364 g/mol. The number of piperidine rings is 1. The molecule has 1 aromatic carbocycles. The normalized spacial score (nSPS) is 16.7. The molecule has 7 heteroatoms. The minimum atomic E-state index is -0.440. The van der Waals surface area contributed by atoms with Gasteiger partial charge in [0.25, 0.3) is 5.91 Å². The summed E-state index contributed by atoms with van der Waals surface area (Å²) in [6.45, 7) is 0.925. The monoisotopic (exact) mass is 388 g/mol. The lowest BCUT2D eigenvalue weighted by Crippen LogP contribution is -2.51. The zero-order valence-electron chi connectivity index (χ0n) is 15.6. The zero-order chi connectivity index (χ0) is 19.2. The maximum Gasteiger partial charge on any atom is 0.264 e. The highest BCUT2D eigenvalue weighted by Crippen LogP contribution is 2.30. The Morgan fingerprint density at radius 2 is 2.04 bits per heavy atom. The second-order valence-electron chi connectivity index (χ2n) is 6.36. The number of nitrogens with one attached hydrogen (secondary N) is 1. The van der Waals surface area contributed by atoms with E-state index in [1.807, 2.05) is 29.6 Å². The Balaban J connectivity index is 1.70. The van der Waals surface area contributed by atoms with Gasteiger partial charge in [0, 0.05) is 18.7 Å². The standard InChI is InChI=1S/C20H24N2O4S/c1-25-16-9-5-7-14(18(16)26-2)13-21-19(23)15-8-3-4-11-22(15)20(24)17-10-6-12-27-17/h5-7,9-10,12,15H,3-4,8,11,13H2,1-2H3,(H,21,23). The van der Waals surface area contributed by atoms with Crippen molar-refractivity contribution in [3.8, 4) is 11.5 Å². The summed E-state index contributed by atoms with van der Waals surface area (Å²) in [5.74, 6) is 1.03. The van der Waals surface area contributed by atoms with E-state index >= 15 is 0 Å². The Labute approximate surface area is 163 Å². The van der Waals surface area contributed by atoms with Gasteiger partial charge in [-0.05, 0) is 36.8 Å². The quantitative estimate of drug-likeness (QED) is 0.826. The van der Waals surface area contributed by atoms with Crippen LogP contribution in [0.3, 0.4) is 0 Å². The van der Waals surface area contributed by atoms with Crippen LogP contribution in [-0.2, 0) is 11.3 Å². The SMILES string of the molecule is COc1cccc(CNC(=O)C2CCCCN2C(=O)c2cccs2)c1OC. The Morgan fingerprint density at radius 3 is 2.74 bits per heavy atom. The molecule has 0 aliphatic carbocycles. The van der Waals surface area contributed by atoms with Crippen LogP contribution in [0.2, 0.25) is 0 Å². The van der Waals surface area contributed by atoms with Gasteiger partial charge < -0.3 is 19.7 Å². The van der Waals surface area contributed by atoms with E-state index in [0.717, 1.165) is 18.4 Å². The third-order valence-electron chi connectivity index (χ3n) is 4.74. The van der Waals surface area contributed by atoms with Crippen molar-refractivity contribution in [2.75, 3.05) is 20.8 Å². The van der Waals surface area contributed by atoms with Gasteiger partial charge in [-0.2, -0.15) is 0 Å². The Kier molecular flexibility index (Phi) is 6.34. The molecule has 2 heterocycles. The first-order chi connectivity index (χ1) is 13.2. The van der Waals surface area contributed by atoms with Crippen molar-refractivity contribution in [3.63, 3.8) is 0 Å². The van der Waals surface area contributed by atoms with Crippen molar-refractivity contribution < 1.29 is 19.1 Å². The lowest BCUT2D eigenvalue weighted by atomic mass is 10.0. The molecule has 0 radical (unpaired) electrons. The minimum Gasteiger partial charge on any atom is -0.493 e. The summed E-state index contributed by atoms with van der Waals surface area (Å²) in [5.41, 5.74) is 0.831. The second-order valence-corrected chi connectivity index (χ2v) is 7.31. The number of likely N-dealkylation sites (tertiary alicyclic amines) is 1. The number of amides is 2. The molecule has 0 spiro atoms. The van der Waals surface area contributed by atoms with Crippen LogP contribution in [0.15, 0.2) is 35.7 Å². The lowest BCUT2D eigenvalue weighted by molar-refractivity contribution is -0.126. The van der Waals surface area contributed by atoms with E-state index in [4.69, 9.17) is 9.47 Å². The average Bonchev–Trinajstić information content (AvgIpc) is 3.25. The van der Waals surface area contributed by atoms with Gasteiger partial charge >= 0.3 is 0 Å². The Hall–Kier alpha value is -2.54. The maximum absolute atomic E-state index is 12.8. The number of thiophene rings is 1. The molecule has 6 nitrogen and oxygen atoms in total. The van der Waals surface area contributed by atoms with Crippen molar-refractivity contribution in [3.05, 3.63) is 46.2 Å². The minimum absolute atomic E-state index is 0.0659. The molecule has 0 bridgehead atoms. The number of carbonyl (C=O) groups excluding carboxylic acids is 2. The van der Waals surface area contributed by atoms with Crippen molar-refractivity contribution in [2.45, 2.75) is 31.8 Å². The number of ether oxygens (including phenoxy) is 2. The summed E-state index contributed by atoms with van der Waals surface area (Å²) >= 11 is 1.40. The largest absolute Gasteiger partial charge is 0.493 e. The molecule has 27 heavy (non-hydrogen) atoms. The molecule has 1 atom stereocenters. The van der Waals surface area contributed by atoms with Crippen molar-refractivity contribution in [1.82, 2.24) is 10.2 Å². The van der Waals surface area contributed by atoms with Crippen LogP contribution >= 0.6 is 11.3 Å². The molecule has 1 fully saturated rings. The van der Waals surface area contributed by atoms with Gasteiger partial charge in [-0.15, -0.1) is 11.3 Å². The lowest BCUT2D eigenvalue weighted by Gasteiger charge is -2.34. The van der Waals surface area contributed by atoms with Crippen LogP contribution in [0.4, 0.5) is 0 Å². The molecule has 1 saturated heterocycles. The fraction of sp³-hybridized carbons (Fsp3) is 0.400. The molecule has 1 aromatic heterocycles. The van der Waals surface area contributed by atoms with Crippen molar-refractivity contribution >= 4 is 23.2 Å². The Bertz CT molecular complexity index is 791. The number of hydrogen-bond acceptors (Lipinski definition) is 5. The molecule has 1 aliphatic rings. The van der Waals surface area contributed by atoms with Crippen molar-refractivity contribution in [2.24, 2.45) is 0 Å². The summed E-state index contributed by atoms with van der Waals surface area (Å²) < 4.78 is 10.7. The van der Waals surface area contributed by atoms with E-state index in [1.165, 1.54) is 11.3 Å². The molecule has 2 amide bonds. The third kappa shape index (κ3) is 4.24. The number of carbonyl (C=O) groups is 2. The van der Waals surface area contributed by atoms with Crippen LogP contribution in [0.1, 0.15) is 34.5 Å². The predicted octanol–water partition coefficient (Wildman–Crippen LogP) is 3.08. The van der Waals surface area contributed by atoms with Gasteiger partial charge in [0.1, 0.15) is 6.04 Å². The molecule has 3 rings (SSSR count). The van der Waals surface area contributed by atoms with E-state index in [-0.39, 0.29) is 11.8 Å². The van der Waals surface area contributed by atoms with E-state index in [0.29, 0.717) is 35.9 Å². The molecule has 1 aliphatic heterocycles. The van der Waals surface area contributed by atoms with Gasteiger partial charge in [0.2, 0.25) is 5.91 Å². The number of para-hydroxylation sites is 1. The van der Waals surface area contributed by atoms with Crippen LogP contribution in [0, 0.1) is 0 Å². The predicted molar refractivity (Wildman–Crippen MR) is 104 cm³/mol. The summed E-state index contributed by atoms with van der Waals surface area (Å²) in [6, 6.07) is 8.77. The number of rotatable bonds is 6. The first-order valence-corrected chi connectivity index (χ1v) is 9.85. The van der Waals surface area contributed by atoms with Crippen LogP contribution in [-0.4, -0.2) is 43.5 Å². The highest BCUT2D eigenvalue weighted by Gasteiger charge is 2.33. The highest BCUT2D eigenvalue weighted by atomic mass is 32.1. The van der Waals surface area contributed by atoms with Crippen LogP contribution in [0.25, 0.3) is 0 Å². The molecule has 2 aromatic rings. The van der Waals surface area contributed by atoms with Crippen molar-refractivity contribution in [1.29, 1.82) is 0 Å². The molecular formula is C20H24N2O4S. The summed E-state index contributed by atoms with van der Waals surface area (Å²) in [7, 11) is 3.15. The van der Waals surface area contributed by atoms with Gasteiger partial charge in [0.05, 0.1) is 19.1 Å². The fourth-order valence-electron chi connectivity index (χ4n) is 3.38. The van der Waals surface area contributed by atoms with E-state index in [2.05, 4.69) is 5.32 Å². The Morgan fingerprint density at radius 1 is 1.19 bits per heavy atom. The zero-order valence-corrected chi connectivity index (χ0v) is 16.4. The smallest absolute Gasteiger partial charge is 0.264 e. The fourth-order valence-corrected chi connectivity index (χ4v) is 4.06. The summed E-state index contributed by atoms with van der Waals surface area (Å²) in [4.78, 5) is 28.0. The average molecular weight is 388 g/mol. The van der Waals surface area contributed by atoms with Gasteiger partial charge in [-0.25, -0.2) is 0 Å². The topological polar surface area (TPSA) is 67.9 Å². The maximum atomic E-state index is 12.8. The number of hydrogen-bond donors (Lipinski definition) is 1. The van der Waals surface area contributed by atoms with Gasteiger partial charge in [-0.3, -0.25) is 9.59 Å². The molecule has 144 valence electrons. The van der Waals surface area contributed by atoms with E-state index in [1.54, 1.807) is 25.2 Å². The summed E-state index contributed by atoms with van der Waals surface area (Å²) in [5, 5.41) is 4.84. The van der Waals surface area contributed by atoms with E-state index in [9.17, 15) is 9.59 Å². The molecule has 1 N–H and O–H groups in total. The van der Waals surface area contributed by atoms with Crippen LogP contribution < -0.4 is 14.8 Å². The summed E-state index contributed by atoms with van der Waals surface area (Å²) in [6.07, 6.45) is 2.54. The van der Waals surface area contributed by atoms with Gasteiger partial charge in [-0.1, -0.05) is 18.2 Å². The first-order valence-electron chi connectivity index (χ1n) is 8.97. The third-order valence-corrected chi connectivity index (χ3v) is 5.59. The van der Waals surface area contributed by atoms with E-state index < -0.39 is 6.04 Å². The first kappa shape index (κ1) is 19.2. The number of benzene rings is 1. The van der Waals surface area contributed by atoms with Gasteiger partial charge in [0.15, 0.2) is 11.5 Å².